The molecule has 0 saturated heterocycles. The van der Waals surface area contributed by atoms with E-state index < -0.39 is 5.97 Å². The van der Waals surface area contributed by atoms with Crippen molar-refractivity contribution >= 4 is 11.9 Å². The molecule has 0 amide bonds. The molecule has 5 heteroatoms. The molecule has 1 aliphatic rings. The van der Waals surface area contributed by atoms with Crippen molar-refractivity contribution < 1.29 is 13.9 Å². The Hall–Kier alpha value is -2.17. The minimum Gasteiger partial charge on any atom is -0.402 e. The number of esters is 1. The Morgan fingerprint density at radius 3 is 2.53 bits per heavy atom. The second-order valence-corrected chi connectivity index (χ2v) is 3.79. The molecule has 1 aromatic rings. The Kier molecular flexibility index (Phi) is 2.91. The van der Waals surface area contributed by atoms with Gasteiger partial charge in [-0.2, -0.15) is 0 Å². The van der Waals surface area contributed by atoms with Gasteiger partial charge in [-0.25, -0.2) is 14.2 Å². The van der Waals surface area contributed by atoms with E-state index in [9.17, 15) is 9.18 Å². The van der Waals surface area contributed by atoms with Crippen LogP contribution in [0.1, 0.15) is 5.56 Å². The molecular weight excluding hydrogens is 223 g/mol. The maximum Gasteiger partial charge on any atom is 0.365 e. The van der Waals surface area contributed by atoms with Crippen molar-refractivity contribution in [1.29, 1.82) is 0 Å². The highest BCUT2D eigenvalue weighted by Gasteiger charge is 2.24. The summed E-state index contributed by atoms with van der Waals surface area (Å²) in [5.74, 6) is -0.649. The topological polar surface area (TPSA) is 41.9 Å². The van der Waals surface area contributed by atoms with E-state index in [2.05, 4.69) is 4.99 Å². The summed E-state index contributed by atoms with van der Waals surface area (Å²) < 4.78 is 17.7. The molecule has 1 aromatic carbocycles. The fourth-order valence-corrected chi connectivity index (χ4v) is 1.36. The number of carbonyl (C=O) groups is 1. The minimum atomic E-state index is -0.502. The molecule has 0 fully saturated rings. The van der Waals surface area contributed by atoms with Gasteiger partial charge >= 0.3 is 5.97 Å². The van der Waals surface area contributed by atoms with Gasteiger partial charge in [-0.15, -0.1) is 0 Å². The first kappa shape index (κ1) is 11.3. The zero-order valence-corrected chi connectivity index (χ0v) is 9.48. The van der Waals surface area contributed by atoms with Crippen molar-refractivity contribution in [2.45, 2.75) is 0 Å². The summed E-state index contributed by atoms with van der Waals surface area (Å²) in [5.41, 5.74) is 0.802. The Morgan fingerprint density at radius 2 is 1.94 bits per heavy atom. The summed E-state index contributed by atoms with van der Waals surface area (Å²) in [4.78, 5) is 17.2. The van der Waals surface area contributed by atoms with Crippen LogP contribution in [0.4, 0.5) is 4.39 Å². The molecule has 17 heavy (non-hydrogen) atoms. The third-order valence-corrected chi connectivity index (χ3v) is 2.09. The minimum absolute atomic E-state index is 0.197. The Balaban J connectivity index is 2.30. The van der Waals surface area contributed by atoms with E-state index in [0.29, 0.717) is 5.56 Å². The summed E-state index contributed by atoms with van der Waals surface area (Å²) in [7, 11) is 3.57. The largest absolute Gasteiger partial charge is 0.402 e. The van der Waals surface area contributed by atoms with Crippen LogP contribution in [0.15, 0.2) is 41.2 Å². The zero-order chi connectivity index (χ0) is 12.4. The number of carbonyl (C=O) groups excluding carboxylic acids is 1. The number of hydrogen-bond acceptors (Lipinski definition) is 4. The van der Waals surface area contributed by atoms with Crippen LogP contribution in [-0.4, -0.2) is 30.9 Å². The molecule has 4 nitrogen and oxygen atoms in total. The van der Waals surface area contributed by atoms with Crippen LogP contribution in [0, 0.1) is 5.82 Å². The van der Waals surface area contributed by atoms with Crippen LogP contribution in [0.2, 0.25) is 0 Å². The fraction of sp³-hybridized carbons (Fsp3) is 0.167. The lowest BCUT2D eigenvalue weighted by molar-refractivity contribution is -0.130. The summed E-state index contributed by atoms with van der Waals surface area (Å²) in [6.45, 7) is 0. The van der Waals surface area contributed by atoms with E-state index in [0.717, 1.165) is 0 Å². The molecule has 0 unspecified atom stereocenters. The first-order valence-corrected chi connectivity index (χ1v) is 5.01. The molecule has 0 N–H and O–H groups in total. The maximum atomic E-state index is 12.7. The van der Waals surface area contributed by atoms with Gasteiger partial charge in [0.25, 0.3) is 0 Å². The molecule has 88 valence electrons. The lowest BCUT2D eigenvalue weighted by atomic mass is 10.2. The van der Waals surface area contributed by atoms with Gasteiger partial charge in [0.05, 0.1) is 0 Å². The molecule has 0 aromatic heterocycles. The first-order chi connectivity index (χ1) is 8.06. The van der Waals surface area contributed by atoms with Crippen LogP contribution in [0.5, 0.6) is 0 Å². The highest BCUT2D eigenvalue weighted by molar-refractivity contribution is 6.11. The predicted octanol–water partition coefficient (Wildman–Crippen LogP) is 1.53. The Labute approximate surface area is 98.0 Å². The number of nitrogens with zero attached hydrogens (tertiary/aromatic N) is 2. The van der Waals surface area contributed by atoms with Gasteiger partial charge in [0, 0.05) is 25.9 Å². The summed E-state index contributed by atoms with van der Waals surface area (Å²) >= 11 is 0. The number of hydrogen-bond donors (Lipinski definition) is 0. The van der Waals surface area contributed by atoms with Gasteiger partial charge in [0.15, 0.2) is 5.70 Å². The summed E-state index contributed by atoms with van der Waals surface area (Å²) in [6, 6.07) is 5.61. The van der Waals surface area contributed by atoms with E-state index in [1.807, 2.05) is 0 Å². The third kappa shape index (κ3) is 2.50. The monoisotopic (exact) mass is 234 g/mol. The normalized spacial score (nSPS) is 17.0. The molecule has 0 aliphatic carbocycles. The van der Waals surface area contributed by atoms with Crippen LogP contribution in [0.25, 0.3) is 0 Å². The first-order valence-electron chi connectivity index (χ1n) is 5.01. The summed E-state index contributed by atoms with van der Waals surface area (Å²) in [5, 5.41) is 0. The van der Waals surface area contributed by atoms with Gasteiger partial charge < -0.3 is 9.64 Å². The van der Waals surface area contributed by atoms with Gasteiger partial charge in [-0.1, -0.05) is 0 Å². The average Bonchev–Trinajstić information content (AvgIpc) is 2.60. The van der Waals surface area contributed by atoms with Gasteiger partial charge in [0.1, 0.15) is 5.82 Å². The Bertz CT molecular complexity index is 504. The molecule has 0 saturated carbocycles. The number of halogens is 1. The average molecular weight is 234 g/mol. The number of cyclic esters (lactones) is 1. The maximum absolute atomic E-state index is 12.7. The van der Waals surface area contributed by atoms with Crippen molar-refractivity contribution in [3.05, 3.63) is 47.5 Å². The highest BCUT2D eigenvalue weighted by Crippen LogP contribution is 2.16. The van der Waals surface area contributed by atoms with Gasteiger partial charge in [-0.3, -0.25) is 0 Å². The fourth-order valence-electron chi connectivity index (χ4n) is 1.36. The second kappa shape index (κ2) is 4.37. The SMILES string of the molecule is CN(C)/C=C1/N=C(c2ccc(F)cc2)OC1=O. The Morgan fingerprint density at radius 1 is 1.29 bits per heavy atom. The van der Waals surface area contributed by atoms with Crippen molar-refractivity contribution in [1.82, 2.24) is 4.90 Å². The molecule has 0 atom stereocenters. The van der Waals surface area contributed by atoms with Crippen LogP contribution < -0.4 is 0 Å². The molecule has 2 rings (SSSR count). The number of rotatable bonds is 2. The molecule has 1 heterocycles. The van der Waals surface area contributed by atoms with Gasteiger partial charge in [-0.05, 0) is 24.3 Å². The van der Waals surface area contributed by atoms with Crippen LogP contribution in [-0.2, 0) is 9.53 Å². The van der Waals surface area contributed by atoms with E-state index in [-0.39, 0.29) is 17.4 Å². The highest BCUT2D eigenvalue weighted by atomic mass is 19.1. The number of aliphatic imine (C=N–C) groups is 1. The van der Waals surface area contributed by atoms with Crippen molar-refractivity contribution in [3.63, 3.8) is 0 Å². The molecule has 0 bridgehead atoms. The van der Waals surface area contributed by atoms with Gasteiger partial charge in [0.2, 0.25) is 5.90 Å². The van der Waals surface area contributed by atoms with Crippen molar-refractivity contribution in [3.8, 4) is 0 Å². The van der Waals surface area contributed by atoms with E-state index in [1.54, 1.807) is 25.2 Å². The van der Waals surface area contributed by atoms with E-state index >= 15 is 0 Å². The van der Waals surface area contributed by atoms with E-state index in [1.165, 1.54) is 24.3 Å². The lowest BCUT2D eigenvalue weighted by Crippen LogP contribution is -2.07. The smallest absolute Gasteiger partial charge is 0.365 e. The second-order valence-electron chi connectivity index (χ2n) is 3.79. The zero-order valence-electron chi connectivity index (χ0n) is 9.48. The van der Waals surface area contributed by atoms with Crippen molar-refractivity contribution in [2.24, 2.45) is 4.99 Å². The molecule has 1 aliphatic heterocycles. The predicted molar refractivity (Wildman–Crippen MR) is 60.8 cm³/mol. The quantitative estimate of drug-likeness (QED) is 0.575. The van der Waals surface area contributed by atoms with E-state index in [4.69, 9.17) is 4.74 Å². The van der Waals surface area contributed by atoms with Crippen molar-refractivity contribution in [2.75, 3.05) is 14.1 Å². The molecular formula is C12H11FN2O2. The number of ether oxygens (including phenoxy) is 1. The molecule has 0 spiro atoms. The standard InChI is InChI=1S/C12H11FN2O2/c1-15(2)7-10-12(16)17-11(14-10)8-3-5-9(13)6-4-8/h3-7H,1-2H3/b10-7+. The number of benzene rings is 1. The van der Waals surface area contributed by atoms with Crippen LogP contribution >= 0.6 is 0 Å². The lowest BCUT2D eigenvalue weighted by Gasteiger charge is -2.02. The molecule has 0 radical (unpaired) electrons. The summed E-state index contributed by atoms with van der Waals surface area (Å²) in [6.07, 6.45) is 1.57. The van der Waals surface area contributed by atoms with Crippen LogP contribution in [0.3, 0.4) is 0 Å². The third-order valence-electron chi connectivity index (χ3n) is 2.09.